The molecule has 2 atom stereocenters. The number of hydrogen-bond acceptors (Lipinski definition) is 2. The summed E-state index contributed by atoms with van der Waals surface area (Å²) in [6.07, 6.45) is 1.06. The molecule has 0 aromatic heterocycles. The van der Waals surface area contributed by atoms with Crippen LogP contribution in [0.2, 0.25) is 0 Å². The van der Waals surface area contributed by atoms with E-state index in [9.17, 15) is 9.59 Å². The van der Waals surface area contributed by atoms with Crippen molar-refractivity contribution in [2.45, 2.75) is 36.9 Å². The lowest BCUT2D eigenvalue weighted by molar-refractivity contribution is -0.143. The van der Waals surface area contributed by atoms with E-state index in [0.29, 0.717) is 19.3 Å². The highest BCUT2D eigenvalue weighted by Gasteiger charge is 2.41. The monoisotopic (exact) mass is 252 g/mol. The third-order valence-electron chi connectivity index (χ3n) is 2.87. The van der Waals surface area contributed by atoms with Gasteiger partial charge in [0.15, 0.2) is 0 Å². The van der Waals surface area contributed by atoms with Gasteiger partial charge in [0, 0.05) is 17.2 Å². The first-order valence-corrected chi connectivity index (χ1v) is 5.88. The van der Waals surface area contributed by atoms with Crippen LogP contribution < -0.4 is 0 Å². The van der Waals surface area contributed by atoms with Crippen molar-refractivity contribution in [3.8, 4) is 0 Å². The van der Waals surface area contributed by atoms with E-state index in [0.717, 1.165) is 0 Å². The van der Waals surface area contributed by atoms with Gasteiger partial charge in [0.1, 0.15) is 5.78 Å². The van der Waals surface area contributed by atoms with Gasteiger partial charge in [-0.05, 0) is 12.8 Å². The average molecular weight is 253 g/mol. The minimum Gasteiger partial charge on any atom is -0.481 e. The van der Waals surface area contributed by atoms with E-state index < -0.39 is 28.6 Å². The molecule has 1 aliphatic rings. The summed E-state index contributed by atoms with van der Waals surface area (Å²) in [6, 6.07) is 0. The van der Waals surface area contributed by atoms with Gasteiger partial charge in [0.05, 0.1) is 11.8 Å². The first-order valence-electron chi connectivity index (χ1n) is 5.01. The van der Waals surface area contributed by atoms with E-state index in [-0.39, 0.29) is 5.78 Å². The Bertz CT molecular complexity index is 255. The number of aliphatic carboxylic acids is 1. The van der Waals surface area contributed by atoms with Gasteiger partial charge in [-0.25, -0.2) is 0 Å². The maximum absolute atomic E-state index is 11.5. The highest BCUT2D eigenvalue weighted by molar-refractivity contribution is 6.26. The van der Waals surface area contributed by atoms with Crippen LogP contribution in [0.25, 0.3) is 0 Å². The van der Waals surface area contributed by atoms with Crippen molar-refractivity contribution in [3.05, 3.63) is 0 Å². The van der Waals surface area contributed by atoms with E-state index in [4.69, 9.17) is 28.3 Å². The van der Waals surface area contributed by atoms with Crippen LogP contribution >= 0.6 is 23.2 Å². The molecule has 1 fully saturated rings. The van der Waals surface area contributed by atoms with Crippen molar-refractivity contribution in [2.75, 3.05) is 0 Å². The molecule has 3 nitrogen and oxygen atoms in total. The molecule has 0 aromatic carbocycles. The Balaban J connectivity index is 2.72. The van der Waals surface area contributed by atoms with Gasteiger partial charge < -0.3 is 5.11 Å². The maximum atomic E-state index is 11.5. The molecule has 1 aliphatic carbocycles. The molecular weight excluding hydrogens is 239 g/mol. The van der Waals surface area contributed by atoms with Crippen molar-refractivity contribution < 1.29 is 14.7 Å². The van der Waals surface area contributed by atoms with Gasteiger partial charge in [-0.2, -0.15) is 0 Å². The Morgan fingerprint density at radius 1 is 1.27 bits per heavy atom. The zero-order valence-corrected chi connectivity index (χ0v) is 9.96. The van der Waals surface area contributed by atoms with Gasteiger partial charge in [-0.15, -0.1) is 23.2 Å². The van der Waals surface area contributed by atoms with Gasteiger partial charge in [-0.1, -0.05) is 6.92 Å². The molecule has 0 saturated heterocycles. The Morgan fingerprint density at radius 3 is 2.07 bits per heavy atom. The Morgan fingerprint density at radius 2 is 1.73 bits per heavy atom. The summed E-state index contributed by atoms with van der Waals surface area (Å²) in [5.41, 5.74) is 0. The molecule has 1 rings (SSSR count). The molecule has 15 heavy (non-hydrogen) atoms. The Hall–Kier alpha value is -0.280. The van der Waals surface area contributed by atoms with Gasteiger partial charge >= 0.3 is 5.97 Å². The second-order valence-electron chi connectivity index (χ2n) is 3.88. The summed E-state index contributed by atoms with van der Waals surface area (Å²) in [7, 11) is 0. The fourth-order valence-electron chi connectivity index (χ4n) is 2.00. The normalized spacial score (nSPS) is 36.2. The SMILES string of the molecule is CCC(=O)C1C(Cl)CC(C(=O)O)CC1Cl. The third kappa shape index (κ3) is 2.85. The largest absolute Gasteiger partial charge is 0.481 e. The number of carboxylic acids is 1. The molecule has 2 unspecified atom stereocenters. The number of carbonyl (C=O) groups excluding carboxylic acids is 1. The van der Waals surface area contributed by atoms with Crippen molar-refractivity contribution >= 4 is 35.0 Å². The molecule has 0 heterocycles. The first-order chi connectivity index (χ1) is 6.97. The summed E-state index contributed by atoms with van der Waals surface area (Å²) in [4.78, 5) is 22.3. The predicted octanol–water partition coefficient (Wildman–Crippen LogP) is 2.29. The number of Topliss-reactive ketones (excluding diaryl/α,β-unsaturated/α-hetero) is 1. The molecule has 5 heteroatoms. The minimum absolute atomic E-state index is 0.0267. The summed E-state index contributed by atoms with van der Waals surface area (Å²) in [5, 5.41) is 7.96. The van der Waals surface area contributed by atoms with E-state index in [1.807, 2.05) is 0 Å². The zero-order chi connectivity index (χ0) is 11.6. The fourth-order valence-corrected chi connectivity index (χ4v) is 3.14. The molecule has 0 radical (unpaired) electrons. The van der Waals surface area contributed by atoms with Crippen molar-refractivity contribution in [1.82, 2.24) is 0 Å². The smallest absolute Gasteiger partial charge is 0.306 e. The molecule has 0 aromatic rings. The van der Waals surface area contributed by atoms with E-state index in [1.165, 1.54) is 0 Å². The highest BCUT2D eigenvalue weighted by Crippen LogP contribution is 2.37. The average Bonchev–Trinajstić information content (AvgIpc) is 2.16. The fraction of sp³-hybridized carbons (Fsp3) is 0.800. The molecule has 1 N–H and O–H groups in total. The molecule has 86 valence electrons. The Kier molecular flexibility index (Phi) is 4.41. The molecule has 0 amide bonds. The van der Waals surface area contributed by atoms with Crippen molar-refractivity contribution in [2.24, 2.45) is 11.8 Å². The first kappa shape index (κ1) is 12.8. The van der Waals surface area contributed by atoms with Crippen LogP contribution in [0, 0.1) is 11.8 Å². The zero-order valence-electron chi connectivity index (χ0n) is 8.45. The number of alkyl halides is 2. The second kappa shape index (κ2) is 5.17. The molecule has 0 aliphatic heterocycles. The lowest BCUT2D eigenvalue weighted by Crippen LogP contribution is -2.41. The standard InChI is InChI=1S/C10H14Cl2O3/c1-2-8(13)9-6(11)3-5(10(14)15)4-7(9)12/h5-7,9H,2-4H2,1H3,(H,14,15). The van der Waals surface area contributed by atoms with Crippen LogP contribution in [0.5, 0.6) is 0 Å². The van der Waals surface area contributed by atoms with Crippen LogP contribution in [-0.2, 0) is 9.59 Å². The highest BCUT2D eigenvalue weighted by atomic mass is 35.5. The number of carboxylic acid groups (broad SMARTS) is 1. The molecule has 0 bridgehead atoms. The quantitative estimate of drug-likeness (QED) is 0.785. The lowest BCUT2D eigenvalue weighted by Gasteiger charge is -2.33. The van der Waals surface area contributed by atoms with Crippen molar-refractivity contribution in [3.63, 3.8) is 0 Å². The van der Waals surface area contributed by atoms with Crippen LogP contribution in [0.3, 0.4) is 0 Å². The maximum Gasteiger partial charge on any atom is 0.306 e. The van der Waals surface area contributed by atoms with Crippen molar-refractivity contribution in [1.29, 1.82) is 0 Å². The molecule has 0 spiro atoms. The van der Waals surface area contributed by atoms with Crippen LogP contribution in [0.1, 0.15) is 26.2 Å². The summed E-state index contributed by atoms with van der Waals surface area (Å²) >= 11 is 12.0. The lowest BCUT2D eigenvalue weighted by atomic mass is 9.78. The van der Waals surface area contributed by atoms with E-state index >= 15 is 0 Å². The number of halogens is 2. The predicted molar refractivity (Wildman–Crippen MR) is 58.4 cm³/mol. The van der Waals surface area contributed by atoms with Crippen LogP contribution in [0.15, 0.2) is 0 Å². The Labute approximate surface area is 98.7 Å². The number of hydrogen-bond donors (Lipinski definition) is 1. The molecule has 1 saturated carbocycles. The number of carbonyl (C=O) groups is 2. The van der Waals surface area contributed by atoms with E-state index in [1.54, 1.807) is 6.92 Å². The third-order valence-corrected chi connectivity index (χ3v) is 3.77. The van der Waals surface area contributed by atoms with Gasteiger partial charge in [0.25, 0.3) is 0 Å². The van der Waals surface area contributed by atoms with Gasteiger partial charge in [-0.3, -0.25) is 9.59 Å². The van der Waals surface area contributed by atoms with Crippen LogP contribution in [-0.4, -0.2) is 27.6 Å². The van der Waals surface area contributed by atoms with E-state index in [2.05, 4.69) is 0 Å². The van der Waals surface area contributed by atoms with Gasteiger partial charge in [0.2, 0.25) is 0 Å². The molecular formula is C10H14Cl2O3. The summed E-state index contributed by atoms with van der Waals surface area (Å²) < 4.78 is 0. The number of rotatable bonds is 3. The summed E-state index contributed by atoms with van der Waals surface area (Å²) in [5.74, 6) is -1.77. The van der Waals surface area contributed by atoms with Crippen LogP contribution in [0.4, 0.5) is 0 Å². The summed E-state index contributed by atoms with van der Waals surface area (Å²) in [6.45, 7) is 1.76. The topological polar surface area (TPSA) is 54.4 Å². The number of ketones is 1. The minimum atomic E-state index is -0.881. The second-order valence-corrected chi connectivity index (χ2v) is 5.01.